The Morgan fingerprint density at radius 3 is 2.32 bits per heavy atom. The Kier molecular flexibility index (Phi) is 5.25. The Hall–Kier alpha value is -3.49. The summed E-state index contributed by atoms with van der Waals surface area (Å²) < 4.78 is 65.1. The topological polar surface area (TPSA) is 54.0 Å². The monoisotopic (exact) mass is 393 g/mol. The van der Waals surface area contributed by atoms with Gasteiger partial charge in [-0.3, -0.25) is 4.79 Å². The lowest BCUT2D eigenvalue weighted by Crippen LogP contribution is -2.16. The molecule has 0 unspecified atom stereocenters. The molecule has 2 N–H and O–H groups in total. The lowest BCUT2D eigenvalue weighted by Gasteiger charge is -2.13. The van der Waals surface area contributed by atoms with E-state index in [1.54, 1.807) is 0 Å². The number of carbonyl (C=O) groups is 1. The minimum atomic E-state index is -4.61. The highest BCUT2D eigenvalue weighted by Crippen LogP contribution is 2.34. The Balaban J connectivity index is 1.73. The summed E-state index contributed by atoms with van der Waals surface area (Å²) in [6.07, 6.45) is -3.46. The summed E-state index contributed by atoms with van der Waals surface area (Å²) in [7, 11) is 0. The van der Waals surface area contributed by atoms with Crippen molar-refractivity contribution in [3.05, 3.63) is 83.6 Å². The van der Waals surface area contributed by atoms with Crippen molar-refractivity contribution in [1.82, 2.24) is 4.98 Å². The maximum atomic E-state index is 13.2. The van der Waals surface area contributed by atoms with Crippen LogP contribution in [0.1, 0.15) is 15.9 Å². The molecule has 0 aliphatic heterocycles. The SMILES string of the molecule is O=C(Nc1ccccc1C(F)(F)F)c1ccc(Nc2ccc(F)c(F)c2)nc1. The number of amides is 1. The molecule has 0 spiro atoms. The van der Waals surface area contributed by atoms with Crippen LogP contribution in [0.25, 0.3) is 0 Å². The summed E-state index contributed by atoms with van der Waals surface area (Å²) in [5, 5.41) is 4.92. The molecule has 9 heteroatoms. The first-order valence-corrected chi connectivity index (χ1v) is 7.90. The number of benzene rings is 2. The number of pyridine rings is 1. The van der Waals surface area contributed by atoms with Crippen molar-refractivity contribution in [3.63, 3.8) is 0 Å². The van der Waals surface area contributed by atoms with Crippen molar-refractivity contribution in [2.45, 2.75) is 6.18 Å². The van der Waals surface area contributed by atoms with Crippen molar-refractivity contribution < 1.29 is 26.7 Å². The second kappa shape index (κ2) is 7.63. The number of aromatic nitrogens is 1. The number of hydrogen-bond acceptors (Lipinski definition) is 3. The largest absolute Gasteiger partial charge is 0.418 e. The molecular weight excluding hydrogens is 381 g/mol. The van der Waals surface area contributed by atoms with Gasteiger partial charge >= 0.3 is 6.18 Å². The van der Waals surface area contributed by atoms with E-state index in [-0.39, 0.29) is 22.8 Å². The summed E-state index contributed by atoms with van der Waals surface area (Å²) >= 11 is 0. The van der Waals surface area contributed by atoms with E-state index in [9.17, 15) is 26.7 Å². The zero-order valence-corrected chi connectivity index (χ0v) is 14.0. The van der Waals surface area contributed by atoms with Crippen molar-refractivity contribution in [1.29, 1.82) is 0 Å². The van der Waals surface area contributed by atoms with Crippen LogP contribution in [0.15, 0.2) is 60.8 Å². The highest BCUT2D eigenvalue weighted by Gasteiger charge is 2.33. The maximum Gasteiger partial charge on any atom is 0.418 e. The average Bonchev–Trinajstić information content (AvgIpc) is 2.65. The Labute approximate surface area is 156 Å². The Morgan fingerprint density at radius 2 is 1.68 bits per heavy atom. The van der Waals surface area contributed by atoms with Gasteiger partial charge in [0.05, 0.1) is 16.8 Å². The van der Waals surface area contributed by atoms with Crippen LogP contribution in [0.3, 0.4) is 0 Å². The number of nitrogens with zero attached hydrogens (tertiary/aromatic N) is 1. The number of nitrogens with one attached hydrogen (secondary N) is 2. The van der Waals surface area contributed by atoms with Gasteiger partial charge in [-0.15, -0.1) is 0 Å². The zero-order valence-electron chi connectivity index (χ0n) is 14.0. The number of para-hydroxylation sites is 1. The first-order chi connectivity index (χ1) is 13.2. The van der Waals surface area contributed by atoms with E-state index in [4.69, 9.17) is 0 Å². The molecule has 0 fully saturated rings. The van der Waals surface area contributed by atoms with Crippen molar-refractivity contribution in [2.24, 2.45) is 0 Å². The molecule has 1 heterocycles. The normalized spacial score (nSPS) is 11.2. The molecule has 0 aliphatic carbocycles. The summed E-state index contributed by atoms with van der Waals surface area (Å²) in [6.45, 7) is 0. The highest BCUT2D eigenvalue weighted by atomic mass is 19.4. The van der Waals surface area contributed by atoms with Crippen LogP contribution in [0.2, 0.25) is 0 Å². The molecule has 1 amide bonds. The lowest BCUT2D eigenvalue weighted by atomic mass is 10.1. The minimum Gasteiger partial charge on any atom is -0.340 e. The molecule has 28 heavy (non-hydrogen) atoms. The number of hydrogen-bond donors (Lipinski definition) is 2. The zero-order chi connectivity index (χ0) is 20.3. The van der Waals surface area contributed by atoms with E-state index in [1.165, 1.54) is 30.3 Å². The van der Waals surface area contributed by atoms with Crippen LogP contribution in [0.4, 0.5) is 39.1 Å². The van der Waals surface area contributed by atoms with Crippen molar-refractivity contribution >= 4 is 23.1 Å². The van der Waals surface area contributed by atoms with Gasteiger partial charge in [0.1, 0.15) is 5.82 Å². The number of alkyl halides is 3. The Bertz CT molecular complexity index is 1000. The number of carbonyl (C=O) groups excluding carboxylic acids is 1. The fourth-order valence-corrected chi connectivity index (χ4v) is 2.36. The molecule has 0 saturated heterocycles. The first kappa shape index (κ1) is 19.3. The van der Waals surface area contributed by atoms with E-state index < -0.39 is 29.3 Å². The first-order valence-electron chi connectivity index (χ1n) is 7.90. The predicted molar refractivity (Wildman–Crippen MR) is 93.3 cm³/mol. The average molecular weight is 393 g/mol. The third-order valence-corrected chi connectivity index (χ3v) is 3.70. The van der Waals surface area contributed by atoms with E-state index in [1.807, 2.05) is 0 Å². The third-order valence-electron chi connectivity index (χ3n) is 3.70. The quantitative estimate of drug-likeness (QED) is 0.586. The standard InChI is InChI=1S/C19H12F5N3O/c20-14-7-6-12(9-15(14)21)26-17-8-5-11(10-25-17)18(28)27-16-4-2-1-3-13(16)19(22,23)24/h1-10H,(H,25,26)(H,27,28). The number of rotatable bonds is 4. The van der Waals surface area contributed by atoms with E-state index >= 15 is 0 Å². The molecule has 0 bridgehead atoms. The molecule has 0 radical (unpaired) electrons. The van der Waals surface area contributed by atoms with Crippen molar-refractivity contribution in [2.75, 3.05) is 10.6 Å². The van der Waals surface area contributed by atoms with Crippen LogP contribution >= 0.6 is 0 Å². The predicted octanol–water partition coefficient (Wildman–Crippen LogP) is 5.37. The second-order valence-electron chi connectivity index (χ2n) is 5.68. The molecule has 4 nitrogen and oxygen atoms in total. The molecule has 2 aromatic carbocycles. The van der Waals surface area contributed by atoms with Crippen LogP contribution in [0, 0.1) is 11.6 Å². The van der Waals surface area contributed by atoms with E-state index in [2.05, 4.69) is 15.6 Å². The van der Waals surface area contributed by atoms with Gasteiger partial charge in [0.15, 0.2) is 11.6 Å². The second-order valence-corrected chi connectivity index (χ2v) is 5.68. The summed E-state index contributed by atoms with van der Waals surface area (Å²) in [5.41, 5.74) is -1.08. The van der Waals surface area contributed by atoms with Gasteiger partial charge in [-0.25, -0.2) is 13.8 Å². The summed E-state index contributed by atoms with van der Waals surface area (Å²) in [6, 6.07) is 10.5. The van der Waals surface area contributed by atoms with Crippen LogP contribution in [0.5, 0.6) is 0 Å². The molecule has 0 saturated carbocycles. The molecule has 1 aromatic heterocycles. The number of anilines is 3. The maximum absolute atomic E-state index is 13.2. The fourth-order valence-electron chi connectivity index (χ4n) is 2.36. The van der Waals surface area contributed by atoms with Gasteiger partial charge in [-0.05, 0) is 36.4 Å². The van der Waals surface area contributed by atoms with E-state index in [0.717, 1.165) is 30.5 Å². The highest BCUT2D eigenvalue weighted by molar-refractivity contribution is 6.04. The van der Waals surface area contributed by atoms with Gasteiger partial charge in [0.25, 0.3) is 5.91 Å². The van der Waals surface area contributed by atoms with Gasteiger partial charge in [0.2, 0.25) is 0 Å². The fraction of sp³-hybridized carbons (Fsp3) is 0.0526. The molecule has 0 aliphatic rings. The molecule has 3 aromatic rings. The molecule has 144 valence electrons. The van der Waals surface area contributed by atoms with Crippen LogP contribution in [-0.4, -0.2) is 10.9 Å². The van der Waals surface area contributed by atoms with Crippen LogP contribution < -0.4 is 10.6 Å². The van der Waals surface area contributed by atoms with Gasteiger partial charge in [-0.2, -0.15) is 13.2 Å². The van der Waals surface area contributed by atoms with Gasteiger partial charge in [0, 0.05) is 18.0 Å². The molecule has 0 atom stereocenters. The van der Waals surface area contributed by atoms with Crippen LogP contribution in [-0.2, 0) is 6.18 Å². The Morgan fingerprint density at radius 1 is 0.929 bits per heavy atom. The van der Waals surface area contributed by atoms with Gasteiger partial charge < -0.3 is 10.6 Å². The lowest BCUT2D eigenvalue weighted by molar-refractivity contribution is -0.136. The van der Waals surface area contributed by atoms with Crippen molar-refractivity contribution in [3.8, 4) is 0 Å². The van der Waals surface area contributed by atoms with Gasteiger partial charge in [-0.1, -0.05) is 12.1 Å². The number of halogens is 5. The smallest absolute Gasteiger partial charge is 0.340 e. The minimum absolute atomic E-state index is 0.0211. The summed E-state index contributed by atoms with van der Waals surface area (Å²) in [5.74, 6) is -2.57. The molecule has 3 rings (SSSR count). The summed E-state index contributed by atoms with van der Waals surface area (Å²) in [4.78, 5) is 16.2. The third kappa shape index (κ3) is 4.43. The molecular formula is C19H12F5N3O. The van der Waals surface area contributed by atoms with E-state index in [0.29, 0.717) is 0 Å².